The molecule has 1 aromatic heterocycles. The van der Waals surface area contributed by atoms with E-state index in [2.05, 4.69) is 30.7 Å². The molecule has 2 N–H and O–H groups in total. The van der Waals surface area contributed by atoms with E-state index in [0.717, 1.165) is 17.7 Å². The fourth-order valence-electron chi connectivity index (χ4n) is 10.4. The maximum atomic E-state index is 14.4. The van der Waals surface area contributed by atoms with Gasteiger partial charge in [0.05, 0.1) is 31.1 Å². The van der Waals surface area contributed by atoms with E-state index in [1.165, 1.54) is 0 Å². The molecule has 7 fully saturated rings. The normalized spacial score (nSPS) is 47.6. The molecule has 2 aromatic rings. The highest BCUT2D eigenvalue weighted by atomic mass is 16.8. The third-order valence-corrected chi connectivity index (χ3v) is 11.5. The summed E-state index contributed by atoms with van der Waals surface area (Å²) in [6.07, 6.45) is 1.26. The lowest BCUT2D eigenvalue weighted by atomic mass is 9.35. The Morgan fingerprint density at radius 3 is 2.58 bits per heavy atom. The Kier molecular flexibility index (Phi) is 4.74. The Balaban J connectivity index is 1.31. The molecule has 7 aliphatic rings. The molecule has 3 saturated heterocycles. The molecule has 4 bridgehead atoms. The van der Waals surface area contributed by atoms with Crippen LogP contribution in [0.3, 0.4) is 0 Å². The number of ether oxygens (including phenoxy) is 3. The summed E-state index contributed by atoms with van der Waals surface area (Å²) in [7, 11) is 0. The van der Waals surface area contributed by atoms with Gasteiger partial charge in [-0.15, -0.1) is 5.10 Å². The van der Waals surface area contributed by atoms with Crippen molar-refractivity contribution in [1.82, 2.24) is 15.0 Å². The summed E-state index contributed by atoms with van der Waals surface area (Å²) >= 11 is 0. The summed E-state index contributed by atoms with van der Waals surface area (Å²) in [5.74, 6) is -3.63. The van der Waals surface area contributed by atoms with Crippen molar-refractivity contribution in [1.29, 1.82) is 0 Å². The van der Waals surface area contributed by atoms with Crippen molar-refractivity contribution in [2.45, 2.75) is 82.9 Å². The smallest absolute Gasteiger partial charge is 0.213 e. The molecular formula is C31H37N3O6. The average molecular weight is 548 g/mol. The van der Waals surface area contributed by atoms with Crippen LogP contribution in [0.1, 0.15) is 53.0 Å². The van der Waals surface area contributed by atoms with Crippen molar-refractivity contribution in [3.05, 3.63) is 48.7 Å². The van der Waals surface area contributed by atoms with Crippen LogP contribution in [0.15, 0.2) is 48.7 Å². The molecule has 212 valence electrons. The van der Waals surface area contributed by atoms with Crippen LogP contribution in [-0.4, -0.2) is 67.5 Å². The largest absolute Gasteiger partial charge is 0.390 e. The molecule has 1 aromatic carbocycles. The highest BCUT2D eigenvalue weighted by Crippen LogP contribution is 2.79. The van der Waals surface area contributed by atoms with Crippen LogP contribution in [-0.2, 0) is 19.0 Å². The van der Waals surface area contributed by atoms with Crippen molar-refractivity contribution in [3.8, 4) is 11.3 Å². The van der Waals surface area contributed by atoms with E-state index in [0.29, 0.717) is 18.4 Å². The van der Waals surface area contributed by atoms with Crippen LogP contribution in [0.25, 0.3) is 11.3 Å². The zero-order chi connectivity index (χ0) is 28.0. The Bertz CT molecular complexity index is 1440. The summed E-state index contributed by atoms with van der Waals surface area (Å²) in [5, 5.41) is 33.8. The number of ketones is 1. The molecule has 3 aliphatic heterocycles. The predicted octanol–water partition coefficient (Wildman–Crippen LogP) is 3.28. The van der Waals surface area contributed by atoms with Gasteiger partial charge in [0.15, 0.2) is 11.6 Å². The van der Waals surface area contributed by atoms with Crippen LogP contribution < -0.4 is 0 Å². The Hall–Kier alpha value is -2.43. The number of rotatable bonds is 2. The van der Waals surface area contributed by atoms with Crippen molar-refractivity contribution < 1.29 is 29.2 Å². The Labute approximate surface area is 233 Å². The van der Waals surface area contributed by atoms with Crippen LogP contribution in [0.2, 0.25) is 0 Å². The zero-order valence-corrected chi connectivity index (χ0v) is 23.4. The summed E-state index contributed by atoms with van der Waals surface area (Å²) in [4.78, 5) is 14.4. The number of aromatic nitrogens is 3. The molecule has 0 unspecified atom stereocenters. The first-order chi connectivity index (χ1) is 18.9. The summed E-state index contributed by atoms with van der Waals surface area (Å²) in [5.41, 5.74) is -0.447. The Morgan fingerprint density at radius 1 is 1.07 bits per heavy atom. The predicted molar refractivity (Wildman–Crippen MR) is 142 cm³/mol. The van der Waals surface area contributed by atoms with E-state index < -0.39 is 52.2 Å². The summed E-state index contributed by atoms with van der Waals surface area (Å²) in [6, 6.07) is 9.42. The molecule has 10 atom stereocenters. The third-order valence-electron chi connectivity index (χ3n) is 11.5. The average Bonchev–Trinajstić information content (AvgIpc) is 3.44. The van der Waals surface area contributed by atoms with Crippen LogP contribution >= 0.6 is 0 Å². The molecular weight excluding hydrogens is 510 g/mol. The van der Waals surface area contributed by atoms with Gasteiger partial charge in [0, 0.05) is 22.8 Å². The van der Waals surface area contributed by atoms with Gasteiger partial charge in [0.1, 0.15) is 17.2 Å². The number of hydrogen-bond acceptors (Lipinski definition) is 8. The number of aliphatic hydroxyl groups is 2. The SMILES string of the molecule is C=C1C(=O)[C@@]23[C@@H]4OC(C)(C)O[C@]25OC[C@]2([C@H](O)[C@@H](n6cc(-c7ccccc7)nn6)CC(C)(C)[C@H]2[C@@H]5O)[C@@H]3CC[C@@H]14. The highest BCUT2D eigenvalue weighted by molar-refractivity contribution is 6.05. The minimum absolute atomic E-state index is 0.142. The molecule has 40 heavy (non-hydrogen) atoms. The minimum Gasteiger partial charge on any atom is -0.390 e. The molecule has 4 heterocycles. The highest BCUT2D eigenvalue weighted by Gasteiger charge is 2.90. The molecule has 0 amide bonds. The van der Waals surface area contributed by atoms with E-state index in [-0.39, 0.29) is 30.1 Å². The molecule has 4 saturated carbocycles. The molecule has 4 aliphatic carbocycles. The van der Waals surface area contributed by atoms with Gasteiger partial charge in [-0.05, 0) is 50.0 Å². The van der Waals surface area contributed by atoms with E-state index in [4.69, 9.17) is 14.2 Å². The second-order valence-electron chi connectivity index (χ2n) is 14.1. The number of carbonyl (C=O) groups excluding carboxylic acids is 1. The second kappa shape index (κ2) is 7.50. The lowest BCUT2D eigenvalue weighted by Gasteiger charge is -2.78. The number of fused-ring (bicyclic) bond motifs is 1. The molecule has 0 radical (unpaired) electrons. The third kappa shape index (κ3) is 2.61. The first-order valence-electron chi connectivity index (χ1n) is 14.5. The van der Waals surface area contributed by atoms with Gasteiger partial charge >= 0.3 is 0 Å². The number of nitrogens with zero attached hydrogens (tertiary/aromatic N) is 3. The van der Waals surface area contributed by atoms with Gasteiger partial charge in [-0.1, -0.05) is 56.0 Å². The fraction of sp³-hybridized carbons (Fsp3) is 0.645. The lowest BCUT2D eigenvalue weighted by molar-refractivity contribution is -0.536. The second-order valence-corrected chi connectivity index (χ2v) is 14.1. The van der Waals surface area contributed by atoms with Crippen LogP contribution in [0.5, 0.6) is 0 Å². The molecule has 9 nitrogen and oxygen atoms in total. The van der Waals surface area contributed by atoms with E-state index in [1.807, 2.05) is 50.4 Å². The van der Waals surface area contributed by atoms with Crippen LogP contribution in [0, 0.1) is 34.0 Å². The number of benzene rings is 1. The van der Waals surface area contributed by atoms with E-state index >= 15 is 0 Å². The summed E-state index contributed by atoms with van der Waals surface area (Å²) < 4.78 is 21.6. The first kappa shape index (κ1) is 25.3. The van der Waals surface area contributed by atoms with Gasteiger partial charge in [-0.25, -0.2) is 4.68 Å². The van der Waals surface area contributed by atoms with Crippen LogP contribution in [0.4, 0.5) is 0 Å². The molecule has 9 rings (SSSR count). The maximum absolute atomic E-state index is 14.4. The van der Waals surface area contributed by atoms with E-state index in [9.17, 15) is 15.0 Å². The standard InChI is InChI=1S/C31H37N3O6/c1-16-18-11-12-21-29-15-38-31(30(21,23(16)35)26(18)39-28(4,5)40-31)25(37)22(29)27(2,3)13-20(24(29)36)34-14-19(32-33-34)17-9-7-6-8-10-17/h6-10,14,18,20-22,24-26,36-37H,1,11-13,15H2,2-5H3/t18-,20-,21-,22+,24+,25-,26+,29-,30-,31-/m0/s1. The number of hydrogen-bond donors (Lipinski definition) is 2. The van der Waals surface area contributed by atoms with Gasteiger partial charge < -0.3 is 24.4 Å². The monoisotopic (exact) mass is 547 g/mol. The van der Waals surface area contributed by atoms with Crippen molar-refractivity contribution in [2.24, 2.45) is 34.0 Å². The zero-order valence-electron chi connectivity index (χ0n) is 23.4. The topological polar surface area (TPSA) is 116 Å². The summed E-state index contributed by atoms with van der Waals surface area (Å²) in [6.45, 7) is 12.3. The van der Waals surface area contributed by atoms with Gasteiger partial charge in [-0.3, -0.25) is 4.79 Å². The number of Topliss-reactive ketones (excluding diaryl/α,β-unsaturated/α-hetero) is 1. The molecule has 9 heteroatoms. The van der Waals surface area contributed by atoms with Crippen molar-refractivity contribution in [2.75, 3.05) is 6.61 Å². The Morgan fingerprint density at radius 2 is 1.82 bits per heavy atom. The van der Waals surface area contributed by atoms with Crippen molar-refractivity contribution >= 4 is 5.78 Å². The van der Waals surface area contributed by atoms with Gasteiger partial charge in [0.25, 0.3) is 0 Å². The van der Waals surface area contributed by atoms with Gasteiger partial charge in [0.2, 0.25) is 5.79 Å². The minimum atomic E-state index is -1.57. The first-order valence-corrected chi connectivity index (χ1v) is 14.5. The van der Waals surface area contributed by atoms with Crippen molar-refractivity contribution in [3.63, 3.8) is 0 Å². The quantitative estimate of drug-likeness (QED) is 0.551. The molecule has 3 spiro atoms. The lowest BCUT2D eigenvalue weighted by Crippen LogP contribution is -2.89. The maximum Gasteiger partial charge on any atom is 0.213 e. The van der Waals surface area contributed by atoms with Gasteiger partial charge in [-0.2, -0.15) is 0 Å². The fourth-order valence-corrected chi connectivity index (χ4v) is 10.4. The van der Waals surface area contributed by atoms with E-state index in [1.54, 1.807) is 4.68 Å². The number of carbonyl (C=O) groups is 1. The number of aliphatic hydroxyl groups excluding tert-OH is 2.